The standard InChI is InChI=1S/C17H23N3O2S/c1-17(2,3)22-16(21)20-10-6-7-12(20)11-18-15-13-8-4-5-9-14(13)23-19-15/h4-5,8-9,12H,6-7,10-11H2,1-3H3,(H,18,19). The van der Waals surface area contributed by atoms with Crippen molar-refractivity contribution in [1.82, 2.24) is 9.27 Å². The Bertz CT molecular complexity index is 692. The molecule has 0 aliphatic carbocycles. The van der Waals surface area contributed by atoms with Gasteiger partial charge in [-0.1, -0.05) is 12.1 Å². The van der Waals surface area contributed by atoms with Gasteiger partial charge >= 0.3 is 6.09 Å². The van der Waals surface area contributed by atoms with Crippen LogP contribution in [0.25, 0.3) is 10.1 Å². The molecule has 2 heterocycles. The van der Waals surface area contributed by atoms with Gasteiger partial charge in [-0.2, -0.15) is 4.37 Å². The summed E-state index contributed by atoms with van der Waals surface area (Å²) in [6.07, 6.45) is 1.79. The highest BCUT2D eigenvalue weighted by Gasteiger charge is 2.32. The minimum absolute atomic E-state index is 0.158. The predicted molar refractivity (Wildman–Crippen MR) is 94.1 cm³/mol. The smallest absolute Gasteiger partial charge is 0.410 e. The third-order valence-electron chi connectivity index (χ3n) is 3.89. The first-order chi connectivity index (χ1) is 10.9. The number of aromatic nitrogens is 1. The lowest BCUT2D eigenvalue weighted by Crippen LogP contribution is -2.42. The molecule has 3 rings (SSSR count). The summed E-state index contributed by atoms with van der Waals surface area (Å²) in [5, 5.41) is 4.55. The van der Waals surface area contributed by atoms with Crippen LogP contribution >= 0.6 is 11.5 Å². The fourth-order valence-electron chi connectivity index (χ4n) is 2.84. The van der Waals surface area contributed by atoms with Gasteiger partial charge in [-0.05, 0) is 57.3 Å². The first-order valence-electron chi connectivity index (χ1n) is 8.02. The van der Waals surface area contributed by atoms with Crippen molar-refractivity contribution in [2.24, 2.45) is 0 Å². The molecule has 2 aromatic rings. The number of carbonyl (C=O) groups excluding carboxylic acids is 1. The molecule has 1 aliphatic heterocycles. The molecule has 6 heteroatoms. The molecule has 0 saturated carbocycles. The van der Waals surface area contributed by atoms with Crippen molar-refractivity contribution in [2.45, 2.75) is 45.3 Å². The number of rotatable bonds is 3. The van der Waals surface area contributed by atoms with Gasteiger partial charge in [-0.3, -0.25) is 0 Å². The Kier molecular flexibility index (Phi) is 4.43. The maximum Gasteiger partial charge on any atom is 0.410 e. The van der Waals surface area contributed by atoms with Gasteiger partial charge in [0.1, 0.15) is 11.4 Å². The lowest BCUT2D eigenvalue weighted by Gasteiger charge is -2.28. The van der Waals surface area contributed by atoms with Crippen LogP contribution in [0.3, 0.4) is 0 Å². The molecule has 1 aliphatic rings. The Labute approximate surface area is 140 Å². The number of fused-ring (bicyclic) bond motifs is 1. The molecular weight excluding hydrogens is 310 g/mol. The number of nitrogens with zero attached hydrogens (tertiary/aromatic N) is 2. The molecule has 1 fully saturated rings. The molecule has 0 bridgehead atoms. The SMILES string of the molecule is CC(C)(C)OC(=O)N1CCCC1CNc1nsc2ccccc12. The van der Waals surface area contributed by atoms with E-state index in [9.17, 15) is 4.79 Å². The molecule has 124 valence electrons. The van der Waals surface area contributed by atoms with Crippen LogP contribution in [-0.4, -0.2) is 40.1 Å². The van der Waals surface area contributed by atoms with Gasteiger partial charge < -0.3 is 15.0 Å². The molecule has 1 aromatic carbocycles. The molecular formula is C17H23N3O2S. The normalized spacial score (nSPS) is 18.4. The lowest BCUT2D eigenvalue weighted by molar-refractivity contribution is 0.0235. The maximum absolute atomic E-state index is 12.3. The summed E-state index contributed by atoms with van der Waals surface area (Å²) < 4.78 is 11.2. The van der Waals surface area contributed by atoms with Crippen molar-refractivity contribution in [3.05, 3.63) is 24.3 Å². The van der Waals surface area contributed by atoms with Crippen molar-refractivity contribution in [2.75, 3.05) is 18.4 Å². The van der Waals surface area contributed by atoms with Gasteiger partial charge in [-0.15, -0.1) is 0 Å². The van der Waals surface area contributed by atoms with E-state index in [4.69, 9.17) is 4.74 Å². The second kappa shape index (κ2) is 6.35. The van der Waals surface area contributed by atoms with Crippen LogP contribution in [0, 0.1) is 0 Å². The minimum Gasteiger partial charge on any atom is -0.444 e. The Morgan fingerprint density at radius 2 is 2.22 bits per heavy atom. The Hall–Kier alpha value is -1.82. The molecule has 0 radical (unpaired) electrons. The van der Waals surface area contributed by atoms with E-state index in [1.54, 1.807) is 0 Å². The van der Waals surface area contributed by atoms with Gasteiger partial charge in [0.15, 0.2) is 0 Å². The van der Waals surface area contributed by atoms with Crippen LogP contribution in [0.2, 0.25) is 0 Å². The average Bonchev–Trinajstić information content (AvgIpc) is 3.10. The average molecular weight is 333 g/mol. The topological polar surface area (TPSA) is 54.5 Å². The monoisotopic (exact) mass is 333 g/mol. The number of carbonyl (C=O) groups is 1. The van der Waals surface area contributed by atoms with Gasteiger partial charge in [-0.25, -0.2) is 4.79 Å². The molecule has 1 amide bonds. The number of likely N-dealkylation sites (tertiary alicyclic amines) is 1. The Morgan fingerprint density at radius 1 is 1.43 bits per heavy atom. The van der Waals surface area contributed by atoms with Gasteiger partial charge in [0, 0.05) is 18.5 Å². The second-order valence-corrected chi connectivity index (χ2v) is 7.68. The number of ether oxygens (including phenoxy) is 1. The van der Waals surface area contributed by atoms with Gasteiger partial charge in [0.25, 0.3) is 0 Å². The van der Waals surface area contributed by atoms with E-state index in [0.29, 0.717) is 6.54 Å². The fourth-order valence-corrected chi connectivity index (χ4v) is 3.59. The van der Waals surface area contributed by atoms with Crippen LogP contribution in [0.15, 0.2) is 24.3 Å². The van der Waals surface area contributed by atoms with Crippen LogP contribution in [0.4, 0.5) is 10.6 Å². The Morgan fingerprint density at radius 3 is 3.00 bits per heavy atom. The van der Waals surface area contributed by atoms with Crippen molar-refractivity contribution in [3.8, 4) is 0 Å². The van der Waals surface area contributed by atoms with E-state index in [-0.39, 0.29) is 12.1 Å². The summed E-state index contributed by atoms with van der Waals surface area (Å²) in [4.78, 5) is 14.1. The second-order valence-electron chi connectivity index (χ2n) is 6.88. The van der Waals surface area contributed by atoms with Crippen molar-refractivity contribution in [1.29, 1.82) is 0 Å². The molecule has 1 aromatic heterocycles. The summed E-state index contributed by atoms with van der Waals surface area (Å²) in [7, 11) is 0. The first-order valence-corrected chi connectivity index (χ1v) is 8.79. The highest BCUT2D eigenvalue weighted by molar-refractivity contribution is 7.13. The zero-order chi connectivity index (χ0) is 16.4. The zero-order valence-electron chi connectivity index (χ0n) is 13.8. The van der Waals surface area contributed by atoms with E-state index in [1.165, 1.54) is 16.2 Å². The number of benzene rings is 1. The maximum atomic E-state index is 12.3. The summed E-state index contributed by atoms with van der Waals surface area (Å²) in [5.74, 6) is 0.904. The summed E-state index contributed by atoms with van der Waals surface area (Å²) in [5.41, 5.74) is -0.456. The van der Waals surface area contributed by atoms with E-state index < -0.39 is 5.60 Å². The zero-order valence-corrected chi connectivity index (χ0v) is 14.7. The predicted octanol–water partition coefficient (Wildman–Crippen LogP) is 4.11. The van der Waals surface area contributed by atoms with Crippen LogP contribution in [0.1, 0.15) is 33.6 Å². The third-order valence-corrected chi connectivity index (χ3v) is 4.71. The summed E-state index contributed by atoms with van der Waals surface area (Å²) in [6.45, 7) is 7.16. The first kappa shape index (κ1) is 16.1. The highest BCUT2D eigenvalue weighted by atomic mass is 32.1. The van der Waals surface area contributed by atoms with E-state index in [2.05, 4.69) is 21.8 Å². The van der Waals surface area contributed by atoms with Crippen LogP contribution < -0.4 is 5.32 Å². The lowest BCUT2D eigenvalue weighted by atomic mass is 10.2. The van der Waals surface area contributed by atoms with Crippen molar-refractivity contribution < 1.29 is 9.53 Å². The number of amides is 1. The Balaban J connectivity index is 1.64. The molecule has 1 saturated heterocycles. The third kappa shape index (κ3) is 3.75. The van der Waals surface area contributed by atoms with Crippen molar-refractivity contribution >= 4 is 33.5 Å². The molecule has 23 heavy (non-hydrogen) atoms. The molecule has 1 N–H and O–H groups in total. The van der Waals surface area contributed by atoms with Crippen molar-refractivity contribution in [3.63, 3.8) is 0 Å². The quantitative estimate of drug-likeness (QED) is 0.918. The molecule has 5 nitrogen and oxygen atoms in total. The molecule has 1 atom stereocenters. The molecule has 1 unspecified atom stereocenters. The largest absolute Gasteiger partial charge is 0.444 e. The fraction of sp³-hybridized carbons (Fsp3) is 0.529. The van der Waals surface area contributed by atoms with Gasteiger partial charge in [0.05, 0.1) is 10.7 Å². The van der Waals surface area contributed by atoms with E-state index in [1.807, 2.05) is 37.8 Å². The highest BCUT2D eigenvalue weighted by Crippen LogP contribution is 2.27. The van der Waals surface area contributed by atoms with Crippen LogP contribution in [0.5, 0.6) is 0 Å². The number of hydrogen-bond donors (Lipinski definition) is 1. The van der Waals surface area contributed by atoms with Gasteiger partial charge in [0.2, 0.25) is 0 Å². The van der Waals surface area contributed by atoms with E-state index in [0.717, 1.165) is 30.6 Å². The van der Waals surface area contributed by atoms with Crippen LogP contribution in [-0.2, 0) is 4.74 Å². The number of hydrogen-bond acceptors (Lipinski definition) is 5. The summed E-state index contributed by atoms with van der Waals surface area (Å²) in [6, 6.07) is 8.34. The number of nitrogens with one attached hydrogen (secondary N) is 1. The minimum atomic E-state index is -0.456. The molecule has 0 spiro atoms. The number of anilines is 1. The summed E-state index contributed by atoms with van der Waals surface area (Å²) >= 11 is 1.49. The van der Waals surface area contributed by atoms with E-state index >= 15 is 0 Å².